The number of aromatic carboxylic acids is 1. The summed E-state index contributed by atoms with van der Waals surface area (Å²) in [4.78, 5) is 15.4. The Labute approximate surface area is 104 Å². The Morgan fingerprint density at radius 1 is 1.44 bits per heavy atom. The van der Waals surface area contributed by atoms with E-state index in [0.29, 0.717) is 10.6 Å². The largest absolute Gasteiger partial charge is 0.477 e. The number of aryl methyl sites for hydroxylation is 1. The Bertz CT molecular complexity index is 350. The van der Waals surface area contributed by atoms with Crippen molar-refractivity contribution in [1.29, 1.82) is 0 Å². The standard InChI is InChI=1S/C11H17NO2S2/c1-3-4-5-6-7-15-11-12-8(2)9(16-11)10(13)14/h3-7H2,1-2H3,(H,13,14). The normalized spacial score (nSPS) is 10.6. The van der Waals surface area contributed by atoms with Gasteiger partial charge in [0.15, 0.2) is 4.34 Å². The minimum atomic E-state index is -0.868. The highest BCUT2D eigenvalue weighted by atomic mass is 32.2. The van der Waals surface area contributed by atoms with Gasteiger partial charge in [-0.05, 0) is 13.3 Å². The van der Waals surface area contributed by atoms with Crippen molar-refractivity contribution >= 4 is 29.1 Å². The molecule has 1 heterocycles. The summed E-state index contributed by atoms with van der Waals surface area (Å²) in [5.74, 6) is 0.166. The van der Waals surface area contributed by atoms with Crippen molar-refractivity contribution in [3.05, 3.63) is 10.6 Å². The van der Waals surface area contributed by atoms with Crippen LogP contribution in [0.25, 0.3) is 0 Å². The summed E-state index contributed by atoms with van der Waals surface area (Å²) in [5, 5.41) is 8.88. The van der Waals surface area contributed by atoms with Crippen molar-refractivity contribution in [2.24, 2.45) is 0 Å². The molecule has 1 aromatic rings. The highest BCUT2D eigenvalue weighted by molar-refractivity contribution is 8.01. The van der Waals surface area contributed by atoms with Crippen LogP contribution in [0.4, 0.5) is 0 Å². The van der Waals surface area contributed by atoms with Crippen molar-refractivity contribution < 1.29 is 9.90 Å². The molecule has 0 saturated heterocycles. The lowest BCUT2D eigenvalue weighted by Crippen LogP contribution is -1.94. The molecule has 0 unspecified atom stereocenters. The van der Waals surface area contributed by atoms with E-state index in [4.69, 9.17) is 5.11 Å². The van der Waals surface area contributed by atoms with E-state index in [9.17, 15) is 4.79 Å². The van der Waals surface area contributed by atoms with Crippen LogP contribution in [0.3, 0.4) is 0 Å². The molecule has 0 aliphatic carbocycles. The summed E-state index contributed by atoms with van der Waals surface area (Å²) in [6.07, 6.45) is 4.95. The molecule has 0 amide bonds. The first kappa shape index (κ1) is 13.5. The molecule has 0 radical (unpaired) electrons. The number of hydrogen-bond acceptors (Lipinski definition) is 4. The summed E-state index contributed by atoms with van der Waals surface area (Å²) in [6, 6.07) is 0. The van der Waals surface area contributed by atoms with E-state index >= 15 is 0 Å². The van der Waals surface area contributed by atoms with Crippen LogP contribution >= 0.6 is 23.1 Å². The first-order valence-electron chi connectivity index (χ1n) is 5.48. The molecular weight excluding hydrogens is 242 g/mol. The van der Waals surface area contributed by atoms with Crippen molar-refractivity contribution in [2.45, 2.75) is 43.9 Å². The summed E-state index contributed by atoms with van der Waals surface area (Å²) in [6.45, 7) is 3.94. The molecule has 0 spiro atoms. The quantitative estimate of drug-likeness (QED) is 0.597. The number of carboxylic acids is 1. The van der Waals surface area contributed by atoms with Gasteiger partial charge < -0.3 is 5.11 Å². The van der Waals surface area contributed by atoms with Gasteiger partial charge in [0, 0.05) is 5.75 Å². The molecule has 0 bridgehead atoms. The number of rotatable bonds is 7. The average molecular weight is 259 g/mol. The fourth-order valence-corrected chi connectivity index (χ4v) is 3.42. The third-order valence-electron chi connectivity index (χ3n) is 2.19. The Hall–Kier alpha value is -0.550. The topological polar surface area (TPSA) is 50.2 Å². The van der Waals surface area contributed by atoms with E-state index in [-0.39, 0.29) is 0 Å². The molecule has 1 rings (SSSR count). The number of thiazole rings is 1. The lowest BCUT2D eigenvalue weighted by Gasteiger charge is -1.96. The molecule has 16 heavy (non-hydrogen) atoms. The Balaban J connectivity index is 2.37. The van der Waals surface area contributed by atoms with Crippen molar-refractivity contribution in [2.75, 3.05) is 5.75 Å². The van der Waals surface area contributed by atoms with Gasteiger partial charge in [0.25, 0.3) is 0 Å². The predicted molar refractivity (Wildman–Crippen MR) is 68.7 cm³/mol. The Kier molecular flexibility index (Phi) is 5.84. The molecule has 0 aromatic carbocycles. The Morgan fingerprint density at radius 3 is 2.75 bits per heavy atom. The molecule has 5 heteroatoms. The third kappa shape index (κ3) is 4.14. The fraction of sp³-hybridized carbons (Fsp3) is 0.636. The van der Waals surface area contributed by atoms with Crippen LogP contribution in [0.5, 0.6) is 0 Å². The van der Waals surface area contributed by atoms with Crippen LogP contribution in [0.15, 0.2) is 4.34 Å². The second-order valence-electron chi connectivity index (χ2n) is 3.61. The fourth-order valence-electron chi connectivity index (χ4n) is 1.32. The van der Waals surface area contributed by atoms with Crippen LogP contribution in [-0.4, -0.2) is 21.8 Å². The van der Waals surface area contributed by atoms with E-state index in [1.165, 1.54) is 37.0 Å². The van der Waals surface area contributed by atoms with Gasteiger partial charge in [-0.3, -0.25) is 0 Å². The predicted octanol–water partition coefficient (Wildman–Crippen LogP) is 3.82. The SMILES string of the molecule is CCCCCCSc1nc(C)c(C(=O)O)s1. The zero-order chi connectivity index (χ0) is 12.0. The molecule has 0 atom stereocenters. The number of hydrogen-bond donors (Lipinski definition) is 1. The molecule has 0 aliphatic heterocycles. The number of thioether (sulfide) groups is 1. The van der Waals surface area contributed by atoms with Crippen molar-refractivity contribution in [3.63, 3.8) is 0 Å². The summed E-state index contributed by atoms with van der Waals surface area (Å²) in [7, 11) is 0. The lowest BCUT2D eigenvalue weighted by molar-refractivity contribution is 0.0701. The van der Waals surface area contributed by atoms with E-state index in [1.54, 1.807) is 18.7 Å². The number of nitrogens with zero attached hydrogens (tertiary/aromatic N) is 1. The van der Waals surface area contributed by atoms with Crippen LogP contribution in [0.1, 0.15) is 48.0 Å². The molecule has 3 nitrogen and oxygen atoms in total. The van der Waals surface area contributed by atoms with E-state index in [1.807, 2.05) is 0 Å². The smallest absolute Gasteiger partial charge is 0.347 e. The molecule has 0 fully saturated rings. The molecular formula is C11H17NO2S2. The van der Waals surface area contributed by atoms with Crippen LogP contribution < -0.4 is 0 Å². The average Bonchev–Trinajstić information content (AvgIpc) is 2.59. The molecule has 0 saturated carbocycles. The van der Waals surface area contributed by atoms with Gasteiger partial charge in [-0.15, -0.1) is 11.3 Å². The molecule has 1 aromatic heterocycles. The summed E-state index contributed by atoms with van der Waals surface area (Å²) in [5.41, 5.74) is 0.633. The van der Waals surface area contributed by atoms with Gasteiger partial charge in [0.05, 0.1) is 5.69 Å². The third-order valence-corrected chi connectivity index (χ3v) is 4.57. The van der Waals surface area contributed by atoms with Crippen molar-refractivity contribution in [1.82, 2.24) is 4.98 Å². The van der Waals surface area contributed by atoms with E-state index < -0.39 is 5.97 Å². The van der Waals surface area contributed by atoms with Gasteiger partial charge >= 0.3 is 5.97 Å². The highest BCUT2D eigenvalue weighted by Gasteiger charge is 2.13. The zero-order valence-electron chi connectivity index (χ0n) is 9.65. The molecule has 1 N–H and O–H groups in total. The van der Waals surface area contributed by atoms with E-state index in [0.717, 1.165) is 10.1 Å². The number of aromatic nitrogens is 1. The minimum Gasteiger partial charge on any atom is -0.477 e. The minimum absolute atomic E-state index is 0.371. The lowest BCUT2D eigenvalue weighted by atomic mass is 10.2. The van der Waals surface area contributed by atoms with Crippen LogP contribution in [0.2, 0.25) is 0 Å². The summed E-state index contributed by atoms with van der Waals surface area (Å²) < 4.78 is 0.881. The Morgan fingerprint density at radius 2 is 2.19 bits per heavy atom. The maximum absolute atomic E-state index is 10.8. The second-order valence-corrected chi connectivity index (χ2v) is 5.95. The second kappa shape index (κ2) is 6.91. The van der Waals surface area contributed by atoms with Gasteiger partial charge in [-0.25, -0.2) is 9.78 Å². The molecule has 90 valence electrons. The maximum atomic E-state index is 10.8. The van der Waals surface area contributed by atoms with Gasteiger partial charge in [-0.1, -0.05) is 37.9 Å². The number of carboxylic acid groups (broad SMARTS) is 1. The zero-order valence-corrected chi connectivity index (χ0v) is 11.3. The summed E-state index contributed by atoms with van der Waals surface area (Å²) >= 11 is 2.95. The highest BCUT2D eigenvalue weighted by Crippen LogP contribution is 2.27. The number of carbonyl (C=O) groups is 1. The van der Waals surface area contributed by atoms with Crippen LogP contribution in [0, 0.1) is 6.92 Å². The van der Waals surface area contributed by atoms with Gasteiger partial charge in [0.1, 0.15) is 4.88 Å². The van der Waals surface area contributed by atoms with E-state index in [2.05, 4.69) is 11.9 Å². The maximum Gasteiger partial charge on any atom is 0.347 e. The van der Waals surface area contributed by atoms with Gasteiger partial charge in [0.2, 0.25) is 0 Å². The first-order chi connectivity index (χ1) is 7.65. The monoisotopic (exact) mass is 259 g/mol. The van der Waals surface area contributed by atoms with Crippen LogP contribution in [-0.2, 0) is 0 Å². The molecule has 0 aliphatic rings. The van der Waals surface area contributed by atoms with Crippen molar-refractivity contribution in [3.8, 4) is 0 Å². The number of unbranched alkanes of at least 4 members (excludes halogenated alkanes) is 3. The first-order valence-corrected chi connectivity index (χ1v) is 7.29. The van der Waals surface area contributed by atoms with Gasteiger partial charge in [-0.2, -0.15) is 0 Å².